The number of azo groups is 1. The maximum absolute atomic E-state index is 11.7. The number of aryl methyl sites for hydroxylation is 1. The summed E-state index contributed by atoms with van der Waals surface area (Å²) in [5.74, 6) is 0.0783. The Morgan fingerprint density at radius 3 is 2.10 bits per heavy atom. The molecule has 29 heavy (non-hydrogen) atoms. The van der Waals surface area contributed by atoms with Crippen LogP contribution in [0.25, 0.3) is 10.8 Å². The van der Waals surface area contributed by atoms with Gasteiger partial charge in [-0.25, -0.2) is 0 Å². The summed E-state index contributed by atoms with van der Waals surface area (Å²) in [6, 6.07) is 10.4. The molecular weight excluding hydrogens is 431 g/mol. The summed E-state index contributed by atoms with van der Waals surface area (Å²) in [6.45, 7) is 1.72. The maximum Gasteiger partial charge on any atom is 1.00 e. The minimum Gasteiger partial charge on any atom is -0.508 e. The second-order valence-corrected chi connectivity index (χ2v) is 8.76. The van der Waals surface area contributed by atoms with E-state index in [2.05, 4.69) is 10.2 Å². The van der Waals surface area contributed by atoms with Crippen molar-refractivity contribution in [3.8, 4) is 5.75 Å². The Morgan fingerprint density at radius 2 is 1.52 bits per heavy atom. The Bertz CT molecular complexity index is 1340. The first-order valence-electron chi connectivity index (χ1n) is 7.69. The van der Waals surface area contributed by atoms with E-state index < -0.39 is 30.0 Å². The van der Waals surface area contributed by atoms with Crippen molar-refractivity contribution in [2.24, 2.45) is 10.2 Å². The monoisotopic (exact) mass is 445 g/mol. The van der Waals surface area contributed by atoms with Gasteiger partial charge in [0, 0.05) is 5.39 Å². The molecule has 0 aliphatic carbocycles. The quantitative estimate of drug-likeness (QED) is 0.304. The van der Waals surface area contributed by atoms with E-state index in [-0.39, 0.29) is 51.8 Å². The molecule has 0 aliphatic heterocycles. The number of hydrogen-bond donors (Lipinski definition) is 3. The van der Waals surface area contributed by atoms with Crippen molar-refractivity contribution in [3.63, 3.8) is 0 Å². The van der Waals surface area contributed by atoms with Crippen molar-refractivity contribution >= 4 is 42.4 Å². The molecule has 0 fully saturated rings. The number of nitrogens with zero attached hydrogens (tertiary/aromatic N) is 2. The van der Waals surface area contributed by atoms with Crippen molar-refractivity contribution in [3.05, 3.63) is 54.1 Å². The Hall–Kier alpha value is -1.86. The van der Waals surface area contributed by atoms with E-state index in [1.54, 1.807) is 13.0 Å². The third-order valence-electron chi connectivity index (χ3n) is 3.90. The second-order valence-electron chi connectivity index (χ2n) is 5.95. The zero-order valence-corrected chi connectivity index (χ0v) is 18.9. The number of aromatic hydroxyl groups is 1. The average molecular weight is 445 g/mol. The van der Waals surface area contributed by atoms with Crippen molar-refractivity contribution < 1.29 is 60.6 Å². The molecule has 0 saturated heterocycles. The van der Waals surface area contributed by atoms with Gasteiger partial charge >= 0.3 is 29.6 Å². The number of benzene rings is 3. The van der Waals surface area contributed by atoms with Gasteiger partial charge in [0.15, 0.2) is 0 Å². The predicted molar refractivity (Wildman–Crippen MR) is 101 cm³/mol. The normalized spacial score (nSPS) is 12.2. The van der Waals surface area contributed by atoms with Crippen LogP contribution in [0.15, 0.2) is 68.6 Å². The largest absolute Gasteiger partial charge is 1.00 e. The van der Waals surface area contributed by atoms with Crippen molar-refractivity contribution in [1.82, 2.24) is 0 Å². The number of fused-ring (bicyclic) bond motifs is 1. The van der Waals surface area contributed by atoms with Crippen LogP contribution in [0, 0.1) is 6.92 Å². The first-order valence-corrected chi connectivity index (χ1v) is 10.6. The van der Waals surface area contributed by atoms with Crippen LogP contribution in [0.2, 0.25) is 0 Å². The van der Waals surface area contributed by atoms with Gasteiger partial charge in [0.1, 0.15) is 10.6 Å². The molecule has 0 amide bonds. The summed E-state index contributed by atoms with van der Waals surface area (Å²) >= 11 is 0. The van der Waals surface area contributed by atoms with Crippen molar-refractivity contribution in [2.75, 3.05) is 0 Å². The summed E-state index contributed by atoms with van der Waals surface area (Å²) in [4.78, 5) is -1.35. The minimum absolute atomic E-state index is 0. The zero-order chi connectivity index (χ0) is 20.7. The first kappa shape index (κ1) is 23.4. The van der Waals surface area contributed by atoms with Crippen LogP contribution in [0.3, 0.4) is 0 Å². The Labute approximate surface area is 188 Å². The molecule has 0 heterocycles. The molecule has 3 rings (SSSR count). The molecule has 12 heteroatoms. The molecule has 3 aromatic carbocycles. The summed E-state index contributed by atoms with van der Waals surface area (Å²) in [7, 11) is -9.46. The molecule has 0 unspecified atom stereocenters. The molecule has 9 nitrogen and oxygen atoms in total. The van der Waals surface area contributed by atoms with E-state index in [9.17, 15) is 31.0 Å². The smallest absolute Gasteiger partial charge is 0.508 e. The van der Waals surface area contributed by atoms with Crippen LogP contribution in [0.1, 0.15) is 5.56 Å². The molecular formula is C17H14N2NaO7S2+. The first-order chi connectivity index (χ1) is 12.9. The molecule has 0 aromatic heterocycles. The number of rotatable bonds is 4. The molecule has 0 bridgehead atoms. The molecule has 146 valence electrons. The van der Waals surface area contributed by atoms with Gasteiger partial charge < -0.3 is 5.11 Å². The molecule has 0 saturated carbocycles. The van der Waals surface area contributed by atoms with E-state index in [1.807, 2.05) is 0 Å². The van der Waals surface area contributed by atoms with Gasteiger partial charge in [-0.3, -0.25) is 9.11 Å². The number of phenols is 1. The van der Waals surface area contributed by atoms with Gasteiger partial charge in [0.25, 0.3) is 20.2 Å². The summed E-state index contributed by atoms with van der Waals surface area (Å²) in [5, 5.41) is 17.6. The molecule has 3 aromatic rings. The molecule has 0 radical (unpaired) electrons. The van der Waals surface area contributed by atoms with Crippen LogP contribution < -0.4 is 29.6 Å². The Morgan fingerprint density at radius 1 is 0.828 bits per heavy atom. The Kier molecular flexibility index (Phi) is 6.85. The van der Waals surface area contributed by atoms with Crippen LogP contribution >= 0.6 is 0 Å². The van der Waals surface area contributed by atoms with Gasteiger partial charge in [-0.1, -0.05) is 6.07 Å². The van der Waals surface area contributed by atoms with Crippen LogP contribution in [-0.2, 0) is 20.2 Å². The fourth-order valence-electron chi connectivity index (χ4n) is 2.57. The van der Waals surface area contributed by atoms with Gasteiger partial charge in [-0.2, -0.15) is 27.1 Å². The number of hydrogen-bond acceptors (Lipinski definition) is 7. The van der Waals surface area contributed by atoms with Crippen LogP contribution in [0.5, 0.6) is 5.75 Å². The molecule has 3 N–H and O–H groups in total. The average Bonchev–Trinajstić information content (AvgIpc) is 2.58. The molecule has 0 aliphatic rings. The zero-order valence-electron chi connectivity index (χ0n) is 15.3. The van der Waals surface area contributed by atoms with Gasteiger partial charge in [0.2, 0.25) is 0 Å². The maximum atomic E-state index is 11.7. The molecule has 0 atom stereocenters. The van der Waals surface area contributed by atoms with Gasteiger partial charge in [-0.15, -0.1) is 0 Å². The third-order valence-corrected chi connectivity index (χ3v) is 5.63. The van der Waals surface area contributed by atoms with Gasteiger partial charge in [0.05, 0.1) is 16.3 Å². The van der Waals surface area contributed by atoms with Crippen LogP contribution in [-0.4, -0.2) is 31.0 Å². The van der Waals surface area contributed by atoms with E-state index in [4.69, 9.17) is 0 Å². The second kappa shape index (κ2) is 8.48. The summed E-state index contributed by atoms with van der Waals surface area (Å²) in [6.07, 6.45) is 0. The Balaban J connectivity index is 0.00000300. The summed E-state index contributed by atoms with van der Waals surface area (Å²) < 4.78 is 64.8. The van der Waals surface area contributed by atoms with E-state index >= 15 is 0 Å². The van der Waals surface area contributed by atoms with Crippen molar-refractivity contribution in [1.29, 1.82) is 0 Å². The predicted octanol–water partition coefficient (Wildman–Crippen LogP) is 0.767. The third kappa shape index (κ3) is 5.39. The number of phenolic OH excluding ortho intramolecular Hbond substituents is 1. The minimum atomic E-state index is -4.78. The van der Waals surface area contributed by atoms with E-state index in [1.165, 1.54) is 30.3 Å². The fourth-order valence-corrected chi connectivity index (χ4v) is 3.92. The van der Waals surface area contributed by atoms with E-state index in [0.29, 0.717) is 17.3 Å². The topological polar surface area (TPSA) is 154 Å². The summed E-state index contributed by atoms with van der Waals surface area (Å²) in [5.41, 5.74) is 1.39. The van der Waals surface area contributed by atoms with Crippen LogP contribution in [0.4, 0.5) is 11.4 Å². The SMILES string of the molecule is Cc1cc(O)ccc1N=Nc1ccc2cc(S(=O)(=O)O)cc(S(=O)(=O)O)c2c1.[Na+]. The van der Waals surface area contributed by atoms with E-state index in [0.717, 1.165) is 6.07 Å². The standard InChI is InChI=1S/C17H14N2O7S2.Na/c1-10-6-13(20)4-5-16(10)19-18-12-3-2-11-7-14(27(21,22)23)9-17(15(11)8-12)28(24,25)26;/h2-9,20H,1H3,(H,21,22,23)(H,24,25,26);/q;+1. The van der Waals surface area contributed by atoms with Gasteiger partial charge in [-0.05, 0) is 60.3 Å². The van der Waals surface area contributed by atoms with Crippen molar-refractivity contribution in [2.45, 2.75) is 16.7 Å². The fraction of sp³-hybridized carbons (Fsp3) is 0.0588. The molecule has 0 spiro atoms.